The number of rotatable bonds is 6. The van der Waals surface area contributed by atoms with Crippen LogP contribution in [0.15, 0.2) is 53.4 Å². The summed E-state index contributed by atoms with van der Waals surface area (Å²) in [6.45, 7) is 2.84. The Morgan fingerprint density at radius 3 is 2.42 bits per heavy atom. The lowest BCUT2D eigenvalue weighted by atomic mass is 9.96. The molecule has 11 heteroatoms. The summed E-state index contributed by atoms with van der Waals surface area (Å²) in [5.74, 6) is -0.264. The molecule has 0 aromatic heterocycles. The largest absolute Gasteiger partial charge is 0.482 e. The van der Waals surface area contributed by atoms with Crippen LogP contribution in [0.2, 0.25) is 0 Å². The van der Waals surface area contributed by atoms with E-state index in [-0.39, 0.29) is 35.4 Å². The normalized spacial score (nSPS) is 21.2. The van der Waals surface area contributed by atoms with E-state index < -0.39 is 16.1 Å². The molecule has 0 radical (unpaired) electrons. The molecule has 0 bridgehead atoms. The van der Waals surface area contributed by atoms with Crippen LogP contribution in [0.5, 0.6) is 5.75 Å². The maximum atomic E-state index is 12.6. The highest BCUT2D eigenvalue weighted by molar-refractivity contribution is 7.85. The maximum Gasteiger partial charge on any atom is 0.341 e. The van der Waals surface area contributed by atoms with Gasteiger partial charge in [-0.05, 0) is 61.9 Å². The minimum absolute atomic E-state index is 0.0213. The molecular weight excluding hydrogens is 486 g/mol. The second-order valence-corrected chi connectivity index (χ2v) is 10.2. The molecule has 2 aromatic rings. The van der Waals surface area contributed by atoms with E-state index >= 15 is 0 Å². The van der Waals surface area contributed by atoms with Gasteiger partial charge in [-0.15, -0.1) is 0 Å². The molecule has 2 fully saturated rings. The highest BCUT2D eigenvalue weighted by Crippen LogP contribution is 2.29. The first-order chi connectivity index (χ1) is 17.1. The first-order valence-corrected chi connectivity index (χ1v) is 12.9. The highest BCUT2D eigenvalue weighted by Gasteiger charge is 2.37. The molecule has 3 atom stereocenters. The van der Waals surface area contributed by atoms with Gasteiger partial charge in [0.15, 0.2) is 6.61 Å². The molecule has 2 aliphatic rings. The van der Waals surface area contributed by atoms with Gasteiger partial charge in [0.25, 0.3) is 10.1 Å². The molecule has 2 aromatic carbocycles. The smallest absolute Gasteiger partial charge is 0.341 e. The van der Waals surface area contributed by atoms with Crippen molar-refractivity contribution in [1.29, 1.82) is 5.26 Å². The van der Waals surface area contributed by atoms with Crippen LogP contribution < -0.4 is 10.1 Å². The van der Waals surface area contributed by atoms with Gasteiger partial charge in [0.2, 0.25) is 5.91 Å². The number of hydrogen-bond acceptors (Lipinski definition) is 7. The van der Waals surface area contributed by atoms with Crippen LogP contribution >= 0.6 is 0 Å². The predicted molar refractivity (Wildman–Crippen MR) is 130 cm³/mol. The third kappa shape index (κ3) is 7.27. The molecule has 3 N–H and O–H groups in total. The topological polar surface area (TPSA) is 157 Å². The average Bonchev–Trinajstić information content (AvgIpc) is 3.53. The van der Waals surface area contributed by atoms with E-state index in [2.05, 4.69) is 11.4 Å². The van der Waals surface area contributed by atoms with Crippen molar-refractivity contribution in [2.75, 3.05) is 19.7 Å². The first-order valence-electron chi connectivity index (χ1n) is 11.5. The van der Waals surface area contributed by atoms with Crippen LogP contribution in [0.25, 0.3) is 0 Å². The lowest BCUT2D eigenvalue weighted by Crippen LogP contribution is -2.45. The zero-order chi connectivity index (χ0) is 26.3. The summed E-state index contributed by atoms with van der Waals surface area (Å²) in [6.07, 6.45) is 2.34. The average molecular weight is 516 g/mol. The molecule has 192 valence electrons. The zero-order valence-corrected chi connectivity index (χ0v) is 20.6. The van der Waals surface area contributed by atoms with Gasteiger partial charge >= 0.3 is 5.97 Å². The van der Waals surface area contributed by atoms with Gasteiger partial charge in [-0.3, -0.25) is 9.35 Å². The summed E-state index contributed by atoms with van der Waals surface area (Å²) in [6, 6.07) is 15.0. The number of hydrogen-bond donors (Lipinski definition) is 3. The van der Waals surface area contributed by atoms with E-state index in [1.165, 1.54) is 12.1 Å². The summed E-state index contributed by atoms with van der Waals surface area (Å²) >= 11 is 0. The van der Waals surface area contributed by atoms with Crippen molar-refractivity contribution in [3.05, 3.63) is 59.7 Å². The van der Waals surface area contributed by atoms with Crippen molar-refractivity contribution >= 4 is 22.0 Å². The van der Waals surface area contributed by atoms with Crippen LogP contribution in [0.3, 0.4) is 0 Å². The fourth-order valence-electron chi connectivity index (χ4n) is 4.23. The zero-order valence-electron chi connectivity index (χ0n) is 19.8. The van der Waals surface area contributed by atoms with Crippen molar-refractivity contribution in [2.45, 2.75) is 49.1 Å². The molecule has 10 nitrogen and oxygen atoms in total. The Morgan fingerprint density at radius 2 is 1.83 bits per heavy atom. The Balaban J connectivity index is 0.000000275. The molecule has 4 rings (SSSR count). The van der Waals surface area contributed by atoms with Crippen molar-refractivity contribution in [2.24, 2.45) is 0 Å². The van der Waals surface area contributed by atoms with E-state index in [0.717, 1.165) is 24.0 Å². The Labute approximate surface area is 210 Å². The van der Waals surface area contributed by atoms with Crippen LogP contribution in [0.1, 0.15) is 36.3 Å². The molecule has 2 saturated heterocycles. The summed E-state index contributed by atoms with van der Waals surface area (Å²) in [4.78, 5) is 24.8. The van der Waals surface area contributed by atoms with E-state index in [4.69, 9.17) is 19.7 Å². The highest BCUT2D eigenvalue weighted by atomic mass is 32.2. The third-order valence-electron chi connectivity index (χ3n) is 6.15. The number of carbonyl (C=O) groups excluding carboxylic acids is 1. The fraction of sp³-hybridized carbons (Fsp3) is 0.400. The number of nitrogens with one attached hydrogen (secondary N) is 1. The second kappa shape index (κ2) is 12.0. The van der Waals surface area contributed by atoms with Crippen molar-refractivity contribution in [1.82, 2.24) is 10.2 Å². The van der Waals surface area contributed by atoms with Gasteiger partial charge < -0.3 is 20.1 Å². The lowest BCUT2D eigenvalue weighted by molar-refractivity contribution is -0.139. The van der Waals surface area contributed by atoms with Gasteiger partial charge in [0, 0.05) is 13.1 Å². The van der Waals surface area contributed by atoms with Crippen molar-refractivity contribution in [3.63, 3.8) is 0 Å². The SMILES string of the molecule is Cc1ccc(S(=O)(=O)O)cc1.N#C[C@@H]1CCCN1C(=O)[C@@H]1C[C@H](c2ccc(OCC(=O)O)cc2)CN1. The van der Waals surface area contributed by atoms with Gasteiger partial charge in [-0.1, -0.05) is 29.8 Å². The minimum atomic E-state index is -4.02. The van der Waals surface area contributed by atoms with Gasteiger partial charge in [-0.2, -0.15) is 13.7 Å². The molecular formula is C25H29N3O7S. The third-order valence-corrected chi connectivity index (χ3v) is 7.01. The fourth-order valence-corrected chi connectivity index (χ4v) is 4.71. The van der Waals surface area contributed by atoms with Crippen LogP contribution in [0, 0.1) is 18.3 Å². The Morgan fingerprint density at radius 1 is 1.17 bits per heavy atom. The minimum Gasteiger partial charge on any atom is -0.482 e. The number of carboxylic acids is 1. The first kappa shape index (κ1) is 27.1. The standard InChI is InChI=1S/C18H21N3O4.C7H8O3S/c19-9-14-2-1-7-21(14)18(24)16-8-13(10-20-16)12-3-5-15(6-4-12)25-11-17(22)23;1-6-2-4-7(5-3-6)11(8,9)10/h3-6,13-14,16,20H,1-2,7-8,10-11H2,(H,22,23);2-5H,1H3,(H,8,9,10)/t13-,14-,16-;/m0./s1. The summed E-state index contributed by atoms with van der Waals surface area (Å²) in [7, 11) is -4.02. The number of carbonyl (C=O) groups is 2. The molecule has 0 saturated carbocycles. The predicted octanol–water partition coefficient (Wildman–Crippen LogP) is 2.35. The van der Waals surface area contributed by atoms with Gasteiger partial charge in [-0.25, -0.2) is 4.79 Å². The molecule has 0 aliphatic carbocycles. The monoisotopic (exact) mass is 515 g/mol. The molecule has 36 heavy (non-hydrogen) atoms. The molecule has 2 aliphatic heterocycles. The van der Waals surface area contributed by atoms with E-state index in [9.17, 15) is 18.0 Å². The summed E-state index contributed by atoms with van der Waals surface area (Å²) < 4.78 is 34.7. The number of nitrogens with zero attached hydrogens (tertiary/aromatic N) is 2. The van der Waals surface area contributed by atoms with Crippen molar-refractivity contribution < 1.29 is 32.4 Å². The number of nitriles is 1. The number of ether oxygens (including phenoxy) is 1. The Kier molecular flexibility index (Phi) is 9.03. The van der Waals surface area contributed by atoms with Crippen LogP contribution in [-0.4, -0.2) is 66.6 Å². The van der Waals surface area contributed by atoms with Crippen LogP contribution in [0.4, 0.5) is 0 Å². The second-order valence-electron chi connectivity index (χ2n) is 8.75. The van der Waals surface area contributed by atoms with E-state index in [0.29, 0.717) is 25.3 Å². The number of aliphatic carboxylic acids is 1. The Hall–Kier alpha value is -3.46. The number of likely N-dealkylation sites (tertiary alicyclic amines) is 1. The number of amides is 1. The molecule has 2 heterocycles. The molecule has 0 spiro atoms. The Bertz CT molecular complexity index is 1210. The lowest BCUT2D eigenvalue weighted by Gasteiger charge is -2.23. The summed E-state index contributed by atoms with van der Waals surface area (Å²) in [5, 5.41) is 21.0. The summed E-state index contributed by atoms with van der Waals surface area (Å²) in [5.41, 5.74) is 2.04. The number of carboxylic acid groups (broad SMARTS) is 1. The van der Waals surface area contributed by atoms with E-state index in [1.54, 1.807) is 29.2 Å². The molecule has 0 unspecified atom stereocenters. The van der Waals surface area contributed by atoms with Gasteiger partial charge in [0.1, 0.15) is 11.8 Å². The number of aryl methyl sites for hydroxylation is 1. The van der Waals surface area contributed by atoms with Gasteiger partial charge in [0.05, 0.1) is 17.0 Å². The maximum absolute atomic E-state index is 12.6. The van der Waals surface area contributed by atoms with Crippen LogP contribution in [-0.2, 0) is 19.7 Å². The number of benzene rings is 2. The quantitative estimate of drug-likeness (QED) is 0.491. The van der Waals surface area contributed by atoms with Crippen molar-refractivity contribution in [3.8, 4) is 11.8 Å². The molecule has 1 amide bonds. The van der Waals surface area contributed by atoms with E-state index in [1.807, 2.05) is 19.1 Å².